The van der Waals surface area contributed by atoms with E-state index in [0.717, 1.165) is 43.4 Å². The lowest BCUT2D eigenvalue weighted by atomic mass is 9.73. The van der Waals surface area contributed by atoms with Gasteiger partial charge >= 0.3 is 12.0 Å². The van der Waals surface area contributed by atoms with Crippen molar-refractivity contribution in [2.75, 3.05) is 13.2 Å². The number of hydrogen-bond acceptors (Lipinski definition) is 6. The summed E-state index contributed by atoms with van der Waals surface area (Å²) in [5, 5.41) is 14.8. The largest absolute Gasteiger partial charge is 0.454 e. The normalized spacial score (nSPS) is 28.6. The maximum absolute atomic E-state index is 12.8. The summed E-state index contributed by atoms with van der Waals surface area (Å²) < 4.78 is 4.96. The van der Waals surface area contributed by atoms with Crippen LogP contribution in [0.15, 0.2) is 0 Å². The Morgan fingerprint density at radius 1 is 1.21 bits per heavy atom. The highest BCUT2D eigenvalue weighted by Gasteiger charge is 2.55. The lowest BCUT2D eigenvalue weighted by Gasteiger charge is -2.36. The molecule has 4 amide bonds. The molecular weight excluding hydrogens is 376 g/mol. The summed E-state index contributed by atoms with van der Waals surface area (Å²) in [4.78, 5) is 50.3. The number of carbonyl (C=O) groups excluding carboxylic acids is 4. The molecule has 1 saturated heterocycles. The minimum absolute atomic E-state index is 0.00263. The predicted molar refractivity (Wildman–Crippen MR) is 101 cm³/mol. The fourth-order valence-electron chi connectivity index (χ4n) is 4.68. The molecule has 2 aliphatic carbocycles. The molecule has 1 heterocycles. The molecule has 2 N–H and O–H groups in total. The van der Waals surface area contributed by atoms with E-state index in [2.05, 4.69) is 16.7 Å². The maximum atomic E-state index is 12.8. The number of urea groups is 1. The average Bonchev–Trinajstić information content (AvgIpc) is 2.94. The second-order valence-electron chi connectivity index (χ2n) is 8.40. The number of hydrogen-bond donors (Lipinski definition) is 2. The van der Waals surface area contributed by atoms with Gasteiger partial charge in [-0.3, -0.25) is 19.3 Å². The molecule has 0 unspecified atom stereocenters. The van der Waals surface area contributed by atoms with Gasteiger partial charge in [0, 0.05) is 0 Å². The summed E-state index contributed by atoms with van der Waals surface area (Å²) in [6, 6.07) is 1.56. The van der Waals surface area contributed by atoms with Crippen LogP contribution in [0.5, 0.6) is 0 Å². The second kappa shape index (κ2) is 8.39. The van der Waals surface area contributed by atoms with Gasteiger partial charge in [0.2, 0.25) is 0 Å². The molecule has 1 spiro atoms. The van der Waals surface area contributed by atoms with Crippen molar-refractivity contribution in [1.82, 2.24) is 15.5 Å². The van der Waals surface area contributed by atoms with E-state index < -0.39 is 48.0 Å². The molecule has 29 heavy (non-hydrogen) atoms. The Morgan fingerprint density at radius 3 is 2.55 bits per heavy atom. The van der Waals surface area contributed by atoms with E-state index in [1.165, 1.54) is 0 Å². The summed E-state index contributed by atoms with van der Waals surface area (Å²) in [5.74, 6) is -1.80. The first-order chi connectivity index (χ1) is 13.8. The maximum Gasteiger partial charge on any atom is 0.326 e. The van der Waals surface area contributed by atoms with Crippen LogP contribution in [-0.2, 0) is 19.1 Å². The molecular formula is C20H28N4O5. The number of nitrogens with one attached hydrogen (secondary N) is 2. The van der Waals surface area contributed by atoms with Crippen LogP contribution in [0.2, 0.25) is 0 Å². The molecule has 2 saturated carbocycles. The number of amides is 4. The second-order valence-corrected chi connectivity index (χ2v) is 8.40. The van der Waals surface area contributed by atoms with Crippen LogP contribution in [0.3, 0.4) is 0 Å². The lowest BCUT2D eigenvalue weighted by Crippen LogP contribution is -2.54. The zero-order valence-corrected chi connectivity index (χ0v) is 16.8. The van der Waals surface area contributed by atoms with Crippen molar-refractivity contribution >= 4 is 23.8 Å². The van der Waals surface area contributed by atoms with Crippen molar-refractivity contribution in [3.05, 3.63) is 0 Å². The van der Waals surface area contributed by atoms with Crippen LogP contribution >= 0.6 is 0 Å². The van der Waals surface area contributed by atoms with Crippen molar-refractivity contribution in [2.45, 2.75) is 75.8 Å². The Morgan fingerprint density at radius 2 is 1.90 bits per heavy atom. The Labute approximate surface area is 170 Å². The smallest absolute Gasteiger partial charge is 0.326 e. The number of nitriles is 1. The molecule has 3 rings (SSSR count). The van der Waals surface area contributed by atoms with Crippen LogP contribution in [-0.4, -0.2) is 52.9 Å². The van der Waals surface area contributed by atoms with E-state index in [1.54, 1.807) is 0 Å². The summed E-state index contributed by atoms with van der Waals surface area (Å²) in [7, 11) is 0. The summed E-state index contributed by atoms with van der Waals surface area (Å²) in [6.45, 7) is 0.850. The molecule has 0 aromatic carbocycles. The average molecular weight is 404 g/mol. The molecule has 2 atom stereocenters. The topological polar surface area (TPSA) is 129 Å². The number of nitrogens with zero attached hydrogens (tertiary/aromatic N) is 2. The fraction of sp³-hybridized carbons (Fsp3) is 0.750. The van der Waals surface area contributed by atoms with Gasteiger partial charge in [-0.1, -0.05) is 39.0 Å². The molecule has 1 aliphatic heterocycles. The third-order valence-corrected chi connectivity index (χ3v) is 6.45. The van der Waals surface area contributed by atoms with Crippen molar-refractivity contribution in [2.24, 2.45) is 5.92 Å². The molecule has 158 valence electrons. The predicted octanol–water partition coefficient (Wildman–Crippen LogP) is 1.37. The van der Waals surface area contributed by atoms with E-state index >= 15 is 0 Å². The van der Waals surface area contributed by atoms with Crippen molar-refractivity contribution < 1.29 is 23.9 Å². The number of esters is 1. The van der Waals surface area contributed by atoms with Gasteiger partial charge in [-0.05, 0) is 31.6 Å². The third kappa shape index (κ3) is 4.21. The monoisotopic (exact) mass is 404 g/mol. The van der Waals surface area contributed by atoms with Gasteiger partial charge in [0.25, 0.3) is 11.8 Å². The summed E-state index contributed by atoms with van der Waals surface area (Å²) in [5.41, 5.74) is -1.84. The molecule has 0 radical (unpaired) electrons. The third-order valence-electron chi connectivity index (χ3n) is 6.45. The SMILES string of the molecule is C[C@@H]1CCCC[C@]12NC(=O)N(CC(=O)OCC(=O)NC1(C#N)CCCCC1)C2=O. The van der Waals surface area contributed by atoms with Gasteiger partial charge < -0.3 is 15.4 Å². The van der Waals surface area contributed by atoms with Gasteiger partial charge in [-0.15, -0.1) is 0 Å². The quantitative estimate of drug-likeness (QED) is 0.526. The highest BCUT2D eigenvalue weighted by molar-refractivity contribution is 6.09. The van der Waals surface area contributed by atoms with E-state index in [-0.39, 0.29) is 5.92 Å². The molecule has 0 bridgehead atoms. The number of rotatable bonds is 5. The van der Waals surface area contributed by atoms with E-state index in [4.69, 9.17) is 4.74 Å². The standard InChI is InChI=1S/C20H28N4O5/c1-14-7-3-6-10-20(14)17(27)24(18(28)23-20)11-16(26)29-12-15(25)22-19(13-21)8-4-2-5-9-19/h14H,2-12H2,1H3,(H,22,25)(H,23,28)/t14-,20+/m1/s1. The van der Waals surface area contributed by atoms with Crippen LogP contribution < -0.4 is 10.6 Å². The van der Waals surface area contributed by atoms with Gasteiger partial charge in [0.1, 0.15) is 17.6 Å². The number of imide groups is 1. The van der Waals surface area contributed by atoms with Crippen LogP contribution in [0.1, 0.15) is 64.7 Å². The highest BCUT2D eigenvalue weighted by Crippen LogP contribution is 2.38. The Hall–Kier alpha value is -2.63. The van der Waals surface area contributed by atoms with Crippen LogP contribution in [0, 0.1) is 17.2 Å². The van der Waals surface area contributed by atoms with Crippen molar-refractivity contribution in [3.8, 4) is 6.07 Å². The zero-order valence-electron chi connectivity index (χ0n) is 16.8. The minimum atomic E-state index is -0.937. The van der Waals surface area contributed by atoms with Crippen molar-refractivity contribution in [3.63, 3.8) is 0 Å². The lowest BCUT2D eigenvalue weighted by molar-refractivity contribution is -0.151. The van der Waals surface area contributed by atoms with E-state index in [0.29, 0.717) is 19.3 Å². The van der Waals surface area contributed by atoms with E-state index in [1.807, 2.05) is 6.92 Å². The van der Waals surface area contributed by atoms with Gasteiger partial charge in [-0.25, -0.2) is 4.79 Å². The molecule has 3 fully saturated rings. The van der Waals surface area contributed by atoms with Crippen LogP contribution in [0.4, 0.5) is 4.79 Å². The molecule has 0 aromatic heterocycles. The Kier molecular flexibility index (Phi) is 6.10. The molecule has 3 aliphatic rings. The number of carbonyl (C=O) groups is 4. The fourth-order valence-corrected chi connectivity index (χ4v) is 4.68. The first-order valence-electron chi connectivity index (χ1n) is 10.3. The molecule has 0 aromatic rings. The Bertz CT molecular complexity index is 740. The van der Waals surface area contributed by atoms with Crippen molar-refractivity contribution in [1.29, 1.82) is 5.26 Å². The first kappa shape index (κ1) is 21.1. The minimum Gasteiger partial charge on any atom is -0.454 e. The highest BCUT2D eigenvalue weighted by atomic mass is 16.5. The zero-order chi connectivity index (χ0) is 21.1. The van der Waals surface area contributed by atoms with E-state index in [9.17, 15) is 24.4 Å². The first-order valence-corrected chi connectivity index (χ1v) is 10.3. The van der Waals surface area contributed by atoms with Gasteiger partial charge in [0.15, 0.2) is 6.61 Å². The summed E-state index contributed by atoms with van der Waals surface area (Å²) in [6.07, 6.45) is 7.15. The van der Waals surface area contributed by atoms with Crippen LogP contribution in [0.25, 0.3) is 0 Å². The van der Waals surface area contributed by atoms with Gasteiger partial charge in [-0.2, -0.15) is 5.26 Å². The summed E-state index contributed by atoms with van der Waals surface area (Å²) >= 11 is 0. The molecule has 9 heteroatoms. The number of ether oxygens (including phenoxy) is 1. The van der Waals surface area contributed by atoms with Gasteiger partial charge in [0.05, 0.1) is 6.07 Å². The Balaban J connectivity index is 1.52. The molecule has 9 nitrogen and oxygen atoms in total.